The third kappa shape index (κ3) is 5.58. The topological polar surface area (TPSA) is 69.2 Å². The molecule has 210 valence electrons. The van der Waals surface area contributed by atoms with Crippen LogP contribution in [-0.2, 0) is 24.6 Å². The molecule has 0 saturated carbocycles. The molecule has 2 N–H and O–H groups in total. The molecule has 0 aromatic heterocycles. The van der Waals surface area contributed by atoms with Gasteiger partial charge in [-0.2, -0.15) is 0 Å². The zero-order valence-electron chi connectivity index (χ0n) is 23.2. The summed E-state index contributed by atoms with van der Waals surface area (Å²) in [6.07, 6.45) is -0.558. The Morgan fingerprint density at radius 2 is 1.24 bits per heavy atom. The summed E-state index contributed by atoms with van der Waals surface area (Å²) in [5, 5.41) is 11.7. The first-order valence-electron chi connectivity index (χ1n) is 14.0. The quantitative estimate of drug-likeness (QED) is 0.248. The summed E-state index contributed by atoms with van der Waals surface area (Å²) in [7, 11) is 0. The van der Waals surface area contributed by atoms with Gasteiger partial charge in [0.15, 0.2) is 5.79 Å². The van der Waals surface area contributed by atoms with Crippen molar-refractivity contribution in [3.63, 3.8) is 0 Å². The van der Waals surface area contributed by atoms with E-state index in [2.05, 4.69) is 41.9 Å². The zero-order valence-corrected chi connectivity index (χ0v) is 23.2. The Balaban J connectivity index is 1.31. The molecule has 0 bridgehead atoms. The van der Waals surface area contributed by atoms with Gasteiger partial charge in [-0.15, -0.1) is 0 Å². The average molecular weight is 550 g/mol. The molecule has 4 atom stereocenters. The molecule has 0 amide bonds. The third-order valence-corrected chi connectivity index (χ3v) is 7.59. The Bertz CT molecular complexity index is 1350. The summed E-state index contributed by atoms with van der Waals surface area (Å²) < 4.78 is 19.4. The van der Waals surface area contributed by atoms with E-state index >= 15 is 0 Å². The number of rotatable bonds is 9. The molecule has 0 spiro atoms. The maximum absolute atomic E-state index is 11.7. The Labute approximate surface area is 241 Å². The van der Waals surface area contributed by atoms with Gasteiger partial charge >= 0.3 is 0 Å². The van der Waals surface area contributed by atoms with Crippen LogP contribution in [0.3, 0.4) is 0 Å². The smallest absolute Gasteiger partial charge is 0.164 e. The van der Waals surface area contributed by atoms with Crippen LogP contribution in [0.25, 0.3) is 0 Å². The molecule has 1 unspecified atom stereocenters. The van der Waals surface area contributed by atoms with Crippen LogP contribution in [0, 0.1) is 0 Å². The van der Waals surface area contributed by atoms with E-state index in [1.54, 1.807) is 0 Å². The molecule has 0 aliphatic carbocycles. The van der Waals surface area contributed by atoms with Crippen molar-refractivity contribution in [2.24, 2.45) is 0 Å². The van der Waals surface area contributed by atoms with E-state index in [9.17, 15) is 5.11 Å². The van der Waals surface area contributed by atoms with Crippen molar-refractivity contribution in [3.8, 4) is 0 Å². The van der Waals surface area contributed by atoms with Gasteiger partial charge in [-0.3, -0.25) is 10.3 Å². The molecule has 6 nitrogen and oxygen atoms in total. The normalized spacial score (nSPS) is 22.6. The SMILES string of the molecule is CC1(C)O[C@H]([C@H](O)COC(c2ccccc2)(c2ccccc2)c2ccccc2)[C@H](C2=CC(c3ccccc3)ON2)O1. The molecule has 1 saturated heterocycles. The fourth-order valence-electron chi connectivity index (χ4n) is 5.71. The summed E-state index contributed by atoms with van der Waals surface area (Å²) in [4.78, 5) is 5.86. The van der Waals surface area contributed by atoms with Crippen LogP contribution < -0.4 is 5.48 Å². The Morgan fingerprint density at radius 1 is 0.756 bits per heavy atom. The van der Waals surface area contributed by atoms with E-state index in [0.29, 0.717) is 5.70 Å². The van der Waals surface area contributed by atoms with Gasteiger partial charge in [0.2, 0.25) is 0 Å². The summed E-state index contributed by atoms with van der Waals surface area (Å²) in [6, 6.07) is 40.3. The van der Waals surface area contributed by atoms with Gasteiger partial charge in [-0.1, -0.05) is 121 Å². The van der Waals surface area contributed by atoms with E-state index in [4.69, 9.17) is 19.0 Å². The molecule has 2 heterocycles. The molecule has 4 aromatic carbocycles. The second-order valence-corrected chi connectivity index (χ2v) is 10.9. The second kappa shape index (κ2) is 11.6. The fraction of sp³-hybridized carbons (Fsp3) is 0.257. The lowest BCUT2D eigenvalue weighted by Gasteiger charge is -2.37. The van der Waals surface area contributed by atoms with Gasteiger partial charge in [0, 0.05) is 0 Å². The second-order valence-electron chi connectivity index (χ2n) is 10.9. The highest BCUT2D eigenvalue weighted by molar-refractivity contribution is 5.47. The van der Waals surface area contributed by atoms with Crippen molar-refractivity contribution in [2.75, 3.05) is 6.61 Å². The highest BCUT2D eigenvalue weighted by Gasteiger charge is 2.49. The largest absolute Gasteiger partial charge is 0.388 e. The number of hydrogen-bond acceptors (Lipinski definition) is 6. The first kappa shape index (κ1) is 27.4. The van der Waals surface area contributed by atoms with Crippen LogP contribution in [0.4, 0.5) is 0 Å². The van der Waals surface area contributed by atoms with Crippen LogP contribution in [0.15, 0.2) is 133 Å². The molecule has 6 heteroatoms. The lowest BCUT2D eigenvalue weighted by molar-refractivity contribution is -0.161. The van der Waals surface area contributed by atoms with E-state index in [-0.39, 0.29) is 12.7 Å². The summed E-state index contributed by atoms with van der Waals surface area (Å²) >= 11 is 0. The number of ether oxygens (including phenoxy) is 3. The summed E-state index contributed by atoms with van der Waals surface area (Å²) in [5.74, 6) is -0.904. The lowest BCUT2D eigenvalue weighted by Crippen LogP contribution is -2.44. The maximum Gasteiger partial charge on any atom is 0.164 e. The molecule has 0 radical (unpaired) electrons. The molecule has 6 rings (SSSR count). The van der Waals surface area contributed by atoms with Crippen LogP contribution in [0.5, 0.6) is 0 Å². The molecular formula is C35H35NO5. The van der Waals surface area contributed by atoms with Crippen LogP contribution in [0.1, 0.15) is 42.2 Å². The van der Waals surface area contributed by atoms with Gasteiger partial charge < -0.3 is 19.3 Å². The van der Waals surface area contributed by atoms with Gasteiger partial charge in [0.1, 0.15) is 30.0 Å². The highest BCUT2D eigenvalue weighted by atomic mass is 16.8. The molecule has 1 fully saturated rings. The first-order chi connectivity index (χ1) is 20.0. The number of benzene rings is 4. The first-order valence-corrected chi connectivity index (χ1v) is 14.0. The predicted molar refractivity (Wildman–Crippen MR) is 156 cm³/mol. The van der Waals surface area contributed by atoms with Crippen molar-refractivity contribution in [2.45, 2.75) is 49.7 Å². The Kier molecular flexibility index (Phi) is 7.75. The minimum atomic E-state index is -1.00. The van der Waals surface area contributed by atoms with Crippen molar-refractivity contribution in [1.82, 2.24) is 5.48 Å². The number of aliphatic hydroxyl groups is 1. The van der Waals surface area contributed by atoms with Crippen molar-refractivity contribution in [3.05, 3.63) is 155 Å². The molecule has 4 aromatic rings. The van der Waals surface area contributed by atoms with E-state index < -0.39 is 29.7 Å². The van der Waals surface area contributed by atoms with E-state index in [1.807, 2.05) is 105 Å². The number of nitrogens with one attached hydrogen (secondary N) is 1. The van der Waals surface area contributed by atoms with Gasteiger partial charge in [0.25, 0.3) is 0 Å². The molecule has 41 heavy (non-hydrogen) atoms. The number of aliphatic hydroxyl groups excluding tert-OH is 1. The van der Waals surface area contributed by atoms with Gasteiger partial charge in [-0.25, -0.2) is 0 Å². The number of hydrogen-bond donors (Lipinski definition) is 2. The van der Waals surface area contributed by atoms with E-state index in [0.717, 1.165) is 22.3 Å². The number of hydroxylamine groups is 1. The average Bonchev–Trinajstić information content (AvgIpc) is 3.64. The molecule has 2 aliphatic rings. The van der Waals surface area contributed by atoms with Gasteiger partial charge in [0.05, 0.1) is 12.3 Å². The van der Waals surface area contributed by atoms with Crippen LogP contribution >= 0.6 is 0 Å². The zero-order chi connectivity index (χ0) is 28.3. The van der Waals surface area contributed by atoms with Crippen molar-refractivity contribution < 1.29 is 24.2 Å². The summed E-state index contributed by atoms with van der Waals surface area (Å²) in [5.41, 5.74) is 6.69. The van der Waals surface area contributed by atoms with Crippen molar-refractivity contribution in [1.29, 1.82) is 0 Å². The van der Waals surface area contributed by atoms with Crippen LogP contribution in [-0.4, -0.2) is 35.8 Å². The minimum absolute atomic E-state index is 0.00442. The predicted octanol–water partition coefficient (Wildman–Crippen LogP) is 6.04. The lowest BCUT2D eigenvalue weighted by atomic mass is 9.80. The highest BCUT2D eigenvalue weighted by Crippen LogP contribution is 2.42. The summed E-state index contributed by atoms with van der Waals surface area (Å²) in [6.45, 7) is 3.69. The van der Waals surface area contributed by atoms with Crippen LogP contribution in [0.2, 0.25) is 0 Å². The monoisotopic (exact) mass is 549 g/mol. The maximum atomic E-state index is 11.7. The van der Waals surface area contributed by atoms with Gasteiger partial charge in [-0.05, 0) is 42.2 Å². The van der Waals surface area contributed by atoms with Crippen molar-refractivity contribution >= 4 is 0 Å². The minimum Gasteiger partial charge on any atom is -0.388 e. The Morgan fingerprint density at radius 3 is 1.76 bits per heavy atom. The Hall–Kier alpha value is -3.78. The molecular weight excluding hydrogens is 514 g/mol. The van der Waals surface area contributed by atoms with E-state index in [1.165, 1.54) is 0 Å². The molecule has 2 aliphatic heterocycles. The third-order valence-electron chi connectivity index (χ3n) is 7.59. The fourth-order valence-corrected chi connectivity index (χ4v) is 5.71. The standard InChI is InChI=1S/C35H35NO5/c1-34(2)39-32(29-23-31(41-36-29)25-15-7-3-8-16-25)33(40-34)30(37)24-38-35(26-17-9-4-10-18-26,27-19-11-5-12-20-27)28-21-13-6-14-22-28/h3-23,30-33,36-37H,24H2,1-2H3/t30-,31?,32+,33-/m1/s1.